The molecular formula is C19H28BFO4S. The van der Waals surface area contributed by atoms with Gasteiger partial charge in [-0.1, -0.05) is 6.07 Å². The molecule has 0 spiro atoms. The van der Waals surface area contributed by atoms with E-state index < -0.39 is 18.3 Å². The van der Waals surface area contributed by atoms with E-state index in [0.29, 0.717) is 22.7 Å². The predicted molar refractivity (Wildman–Crippen MR) is 102 cm³/mol. The molecule has 1 unspecified atom stereocenters. The average molecular weight is 382 g/mol. The Morgan fingerprint density at radius 1 is 1.19 bits per heavy atom. The Kier molecular flexibility index (Phi) is 6.35. The van der Waals surface area contributed by atoms with E-state index in [4.69, 9.17) is 18.8 Å². The van der Waals surface area contributed by atoms with Gasteiger partial charge in [0.15, 0.2) is 6.29 Å². The minimum atomic E-state index is -0.541. The molecule has 26 heavy (non-hydrogen) atoms. The molecule has 144 valence electrons. The van der Waals surface area contributed by atoms with E-state index in [0.717, 1.165) is 25.9 Å². The van der Waals surface area contributed by atoms with E-state index in [1.807, 2.05) is 33.8 Å². The first-order chi connectivity index (χ1) is 12.3. The zero-order valence-corrected chi connectivity index (χ0v) is 16.9. The lowest BCUT2D eigenvalue weighted by Crippen LogP contribution is -2.41. The first-order valence-electron chi connectivity index (χ1n) is 9.30. The molecule has 0 aliphatic carbocycles. The van der Waals surface area contributed by atoms with Crippen molar-refractivity contribution in [3.05, 3.63) is 24.0 Å². The molecule has 0 radical (unpaired) electrons. The Hall–Kier alpha value is -0.595. The van der Waals surface area contributed by atoms with Crippen molar-refractivity contribution in [2.24, 2.45) is 0 Å². The molecule has 2 saturated heterocycles. The molecule has 0 amide bonds. The van der Waals surface area contributed by atoms with Gasteiger partial charge in [-0.15, -0.1) is 11.8 Å². The van der Waals surface area contributed by atoms with Gasteiger partial charge in [0.25, 0.3) is 0 Å². The topological polar surface area (TPSA) is 36.9 Å². The lowest BCUT2D eigenvalue weighted by atomic mass is 9.79. The monoisotopic (exact) mass is 382 g/mol. The second-order valence-corrected chi connectivity index (χ2v) is 8.93. The van der Waals surface area contributed by atoms with Crippen LogP contribution in [0.3, 0.4) is 0 Å². The zero-order chi connectivity index (χ0) is 18.8. The predicted octanol–water partition coefficient (Wildman–Crippen LogP) is 3.76. The Morgan fingerprint density at radius 2 is 1.92 bits per heavy atom. The minimum Gasteiger partial charge on any atom is -0.399 e. The Bertz CT molecular complexity index is 604. The summed E-state index contributed by atoms with van der Waals surface area (Å²) in [5, 5.41) is 0. The zero-order valence-electron chi connectivity index (χ0n) is 16.0. The van der Waals surface area contributed by atoms with Crippen molar-refractivity contribution in [1.29, 1.82) is 0 Å². The highest BCUT2D eigenvalue weighted by Crippen LogP contribution is 2.36. The molecule has 0 bridgehead atoms. The van der Waals surface area contributed by atoms with Crippen molar-refractivity contribution in [2.75, 3.05) is 19.0 Å². The SMILES string of the molecule is CC1(C)OB(c2ccc(SCCOC3CCCCO3)c(F)c2)OC1(C)C. The fraction of sp³-hybridized carbons (Fsp3) is 0.684. The third-order valence-electron chi connectivity index (χ3n) is 5.26. The number of thioether (sulfide) groups is 1. The Labute approximate surface area is 160 Å². The van der Waals surface area contributed by atoms with Crippen LogP contribution in [0.1, 0.15) is 47.0 Å². The molecular weight excluding hydrogens is 354 g/mol. The second kappa shape index (κ2) is 8.19. The van der Waals surface area contributed by atoms with Crippen LogP contribution < -0.4 is 5.46 Å². The highest BCUT2D eigenvalue weighted by Gasteiger charge is 2.51. The standard InChI is InChI=1S/C19H28BFO4S/c1-18(2)19(3,4)25-20(24-18)14-8-9-16(15(21)13-14)26-12-11-23-17-7-5-6-10-22-17/h8-9,13,17H,5-7,10-12H2,1-4H3. The summed E-state index contributed by atoms with van der Waals surface area (Å²) in [7, 11) is -0.541. The van der Waals surface area contributed by atoms with Crippen LogP contribution in [0.15, 0.2) is 23.1 Å². The van der Waals surface area contributed by atoms with Crippen molar-refractivity contribution < 1.29 is 23.2 Å². The van der Waals surface area contributed by atoms with Crippen LogP contribution in [0.25, 0.3) is 0 Å². The van der Waals surface area contributed by atoms with Gasteiger partial charge in [-0.3, -0.25) is 0 Å². The second-order valence-electron chi connectivity index (χ2n) is 7.79. The molecule has 2 heterocycles. The van der Waals surface area contributed by atoms with Gasteiger partial charge in [0.2, 0.25) is 0 Å². The van der Waals surface area contributed by atoms with Crippen LogP contribution in [0.4, 0.5) is 4.39 Å². The van der Waals surface area contributed by atoms with Crippen molar-refractivity contribution in [2.45, 2.75) is 69.3 Å². The summed E-state index contributed by atoms with van der Waals surface area (Å²) >= 11 is 1.45. The molecule has 4 nitrogen and oxygen atoms in total. The highest BCUT2D eigenvalue weighted by molar-refractivity contribution is 7.99. The lowest BCUT2D eigenvalue weighted by Gasteiger charge is -2.32. The van der Waals surface area contributed by atoms with Gasteiger partial charge in [0.1, 0.15) is 5.82 Å². The van der Waals surface area contributed by atoms with Gasteiger partial charge in [0, 0.05) is 17.3 Å². The molecule has 0 N–H and O–H groups in total. The van der Waals surface area contributed by atoms with Gasteiger partial charge in [-0.2, -0.15) is 0 Å². The average Bonchev–Trinajstić information content (AvgIpc) is 2.81. The van der Waals surface area contributed by atoms with Crippen LogP contribution in [0.5, 0.6) is 0 Å². The lowest BCUT2D eigenvalue weighted by molar-refractivity contribution is -0.158. The summed E-state index contributed by atoms with van der Waals surface area (Å²) in [5.74, 6) is 0.434. The van der Waals surface area contributed by atoms with E-state index in [9.17, 15) is 4.39 Å². The van der Waals surface area contributed by atoms with Crippen LogP contribution in [0, 0.1) is 5.82 Å². The summed E-state index contributed by atoms with van der Waals surface area (Å²) in [6, 6.07) is 5.17. The van der Waals surface area contributed by atoms with Gasteiger partial charge in [-0.25, -0.2) is 4.39 Å². The van der Waals surface area contributed by atoms with Crippen molar-refractivity contribution >= 4 is 24.3 Å². The third kappa shape index (κ3) is 4.62. The van der Waals surface area contributed by atoms with E-state index in [2.05, 4.69) is 0 Å². The van der Waals surface area contributed by atoms with Crippen molar-refractivity contribution in [3.8, 4) is 0 Å². The minimum absolute atomic E-state index is 0.0973. The summed E-state index contributed by atoms with van der Waals surface area (Å²) in [6.07, 6.45) is 3.10. The molecule has 7 heteroatoms. The van der Waals surface area contributed by atoms with Crippen LogP contribution in [-0.4, -0.2) is 43.6 Å². The van der Waals surface area contributed by atoms with E-state index >= 15 is 0 Å². The first-order valence-corrected chi connectivity index (χ1v) is 10.3. The molecule has 2 aliphatic heterocycles. The number of halogens is 1. The molecule has 0 saturated carbocycles. The normalized spacial score (nSPS) is 24.8. The number of hydrogen-bond donors (Lipinski definition) is 0. The molecule has 2 aliphatic rings. The van der Waals surface area contributed by atoms with E-state index in [1.165, 1.54) is 17.8 Å². The van der Waals surface area contributed by atoms with Crippen molar-refractivity contribution in [1.82, 2.24) is 0 Å². The Balaban J connectivity index is 1.51. The van der Waals surface area contributed by atoms with Gasteiger partial charge < -0.3 is 18.8 Å². The first kappa shape index (κ1) is 20.1. The highest BCUT2D eigenvalue weighted by atomic mass is 32.2. The third-order valence-corrected chi connectivity index (χ3v) is 6.28. The van der Waals surface area contributed by atoms with Gasteiger partial charge in [-0.05, 0) is 64.6 Å². The molecule has 1 atom stereocenters. The van der Waals surface area contributed by atoms with Crippen LogP contribution in [-0.2, 0) is 18.8 Å². The summed E-state index contributed by atoms with van der Waals surface area (Å²) in [5.41, 5.74) is -0.155. The summed E-state index contributed by atoms with van der Waals surface area (Å²) in [6.45, 7) is 9.28. The van der Waals surface area contributed by atoms with E-state index in [1.54, 1.807) is 6.07 Å². The maximum absolute atomic E-state index is 14.5. The summed E-state index contributed by atoms with van der Waals surface area (Å²) in [4.78, 5) is 0.610. The molecule has 3 rings (SSSR count). The number of rotatable bonds is 6. The van der Waals surface area contributed by atoms with E-state index in [-0.39, 0.29) is 12.1 Å². The Morgan fingerprint density at radius 3 is 2.54 bits per heavy atom. The quantitative estimate of drug-likeness (QED) is 0.426. The fourth-order valence-corrected chi connectivity index (χ4v) is 3.69. The van der Waals surface area contributed by atoms with Gasteiger partial charge in [0.05, 0.1) is 17.8 Å². The molecule has 1 aromatic rings. The largest absolute Gasteiger partial charge is 0.494 e. The molecule has 0 aromatic heterocycles. The maximum Gasteiger partial charge on any atom is 0.494 e. The molecule has 1 aromatic carbocycles. The van der Waals surface area contributed by atoms with Crippen LogP contribution in [0.2, 0.25) is 0 Å². The number of benzene rings is 1. The smallest absolute Gasteiger partial charge is 0.399 e. The molecule has 2 fully saturated rings. The number of hydrogen-bond acceptors (Lipinski definition) is 5. The van der Waals surface area contributed by atoms with Crippen molar-refractivity contribution in [3.63, 3.8) is 0 Å². The number of ether oxygens (including phenoxy) is 2. The fourth-order valence-electron chi connectivity index (χ4n) is 2.93. The summed E-state index contributed by atoms with van der Waals surface area (Å²) < 4.78 is 37.7. The van der Waals surface area contributed by atoms with Crippen LogP contribution >= 0.6 is 11.8 Å². The van der Waals surface area contributed by atoms with Gasteiger partial charge >= 0.3 is 7.12 Å². The maximum atomic E-state index is 14.5.